The molecule has 1 N–H and O–H groups in total. The van der Waals surface area contributed by atoms with Crippen molar-refractivity contribution in [3.63, 3.8) is 0 Å². The number of carbonyl (C=O) groups is 1. The topological polar surface area (TPSA) is 47.6 Å². The van der Waals surface area contributed by atoms with Gasteiger partial charge in [-0.05, 0) is 32.9 Å². The number of ether oxygens (including phenoxy) is 2. The fraction of sp³-hybridized carbons (Fsp3) is 0.889. The Hall–Kier alpha value is -0.610. The first kappa shape index (κ1) is 10.5. The standard InChI is InChI=1S/C9H17NO3/c1-9(3-5-10-6-4-9)13-7-8(11)12-2/h10H,3-7H2,1-2H3. The molecule has 4 heteroatoms. The lowest BCUT2D eigenvalue weighted by atomic mass is 9.95. The van der Waals surface area contributed by atoms with Gasteiger partial charge in [-0.3, -0.25) is 0 Å². The van der Waals surface area contributed by atoms with Crippen molar-refractivity contribution in [3.05, 3.63) is 0 Å². The van der Waals surface area contributed by atoms with E-state index in [9.17, 15) is 4.79 Å². The third kappa shape index (κ3) is 3.32. The van der Waals surface area contributed by atoms with Crippen LogP contribution in [-0.2, 0) is 14.3 Å². The Labute approximate surface area is 78.6 Å². The maximum atomic E-state index is 10.8. The van der Waals surface area contributed by atoms with Crippen LogP contribution in [0.4, 0.5) is 0 Å². The Balaban J connectivity index is 2.28. The first-order valence-corrected chi connectivity index (χ1v) is 4.58. The van der Waals surface area contributed by atoms with E-state index >= 15 is 0 Å². The summed E-state index contributed by atoms with van der Waals surface area (Å²) < 4.78 is 10.0. The van der Waals surface area contributed by atoms with Gasteiger partial charge in [-0.2, -0.15) is 0 Å². The van der Waals surface area contributed by atoms with Crippen molar-refractivity contribution in [1.29, 1.82) is 0 Å². The van der Waals surface area contributed by atoms with Crippen molar-refractivity contribution in [3.8, 4) is 0 Å². The minimum Gasteiger partial charge on any atom is -0.467 e. The van der Waals surface area contributed by atoms with E-state index in [1.165, 1.54) is 7.11 Å². The van der Waals surface area contributed by atoms with Gasteiger partial charge in [0.1, 0.15) is 6.61 Å². The van der Waals surface area contributed by atoms with E-state index in [1.807, 2.05) is 6.92 Å². The Bertz CT molecular complexity index is 176. The normalized spacial score (nSPS) is 21.1. The van der Waals surface area contributed by atoms with Gasteiger partial charge in [-0.1, -0.05) is 0 Å². The molecule has 1 aliphatic rings. The number of hydrogen-bond donors (Lipinski definition) is 1. The Kier molecular flexibility index (Phi) is 3.69. The molecule has 0 aromatic heterocycles. The van der Waals surface area contributed by atoms with Crippen LogP contribution in [0.25, 0.3) is 0 Å². The summed E-state index contributed by atoms with van der Waals surface area (Å²) in [4.78, 5) is 10.8. The molecule has 1 rings (SSSR count). The Morgan fingerprint density at radius 3 is 2.62 bits per heavy atom. The predicted octanol–water partition coefficient (Wildman–Crippen LogP) is 0.318. The molecule has 13 heavy (non-hydrogen) atoms. The molecule has 1 fully saturated rings. The van der Waals surface area contributed by atoms with Crippen LogP contribution in [0.1, 0.15) is 19.8 Å². The van der Waals surface area contributed by atoms with Crippen molar-refractivity contribution >= 4 is 5.97 Å². The van der Waals surface area contributed by atoms with Gasteiger partial charge in [0, 0.05) is 0 Å². The highest BCUT2D eigenvalue weighted by atomic mass is 16.6. The predicted molar refractivity (Wildman–Crippen MR) is 48.5 cm³/mol. The Morgan fingerprint density at radius 1 is 1.46 bits per heavy atom. The summed E-state index contributed by atoms with van der Waals surface area (Å²) >= 11 is 0. The zero-order valence-corrected chi connectivity index (χ0v) is 8.26. The van der Waals surface area contributed by atoms with Crippen molar-refractivity contribution < 1.29 is 14.3 Å². The molecule has 0 aliphatic carbocycles. The number of nitrogens with one attached hydrogen (secondary N) is 1. The van der Waals surface area contributed by atoms with Gasteiger partial charge in [0.25, 0.3) is 0 Å². The second-order valence-corrected chi connectivity index (χ2v) is 3.56. The fourth-order valence-corrected chi connectivity index (χ4v) is 1.39. The Morgan fingerprint density at radius 2 is 2.08 bits per heavy atom. The summed E-state index contributed by atoms with van der Waals surface area (Å²) in [6, 6.07) is 0. The number of rotatable bonds is 3. The van der Waals surface area contributed by atoms with Crippen molar-refractivity contribution in [2.75, 3.05) is 26.8 Å². The van der Waals surface area contributed by atoms with Gasteiger partial charge < -0.3 is 14.8 Å². The summed E-state index contributed by atoms with van der Waals surface area (Å²) in [5.41, 5.74) is -0.153. The van der Waals surface area contributed by atoms with E-state index in [2.05, 4.69) is 10.1 Å². The number of methoxy groups -OCH3 is 1. The van der Waals surface area contributed by atoms with E-state index in [4.69, 9.17) is 4.74 Å². The number of hydrogen-bond acceptors (Lipinski definition) is 4. The minimum atomic E-state index is -0.306. The van der Waals surface area contributed by atoms with Gasteiger partial charge in [0.15, 0.2) is 0 Å². The van der Waals surface area contributed by atoms with Crippen LogP contribution < -0.4 is 5.32 Å². The maximum absolute atomic E-state index is 10.8. The molecule has 0 atom stereocenters. The quantitative estimate of drug-likeness (QED) is 0.646. The molecule has 0 radical (unpaired) electrons. The molecule has 0 aromatic rings. The fourth-order valence-electron chi connectivity index (χ4n) is 1.39. The monoisotopic (exact) mass is 187 g/mol. The third-order valence-corrected chi connectivity index (χ3v) is 2.43. The molecule has 1 saturated heterocycles. The first-order valence-electron chi connectivity index (χ1n) is 4.58. The molecule has 1 aliphatic heterocycles. The molecule has 0 amide bonds. The number of esters is 1. The van der Waals surface area contributed by atoms with Crippen LogP contribution >= 0.6 is 0 Å². The molecular weight excluding hydrogens is 170 g/mol. The summed E-state index contributed by atoms with van der Waals surface area (Å²) in [5, 5.41) is 3.25. The number of piperidine rings is 1. The van der Waals surface area contributed by atoms with Crippen LogP contribution in [0, 0.1) is 0 Å². The van der Waals surface area contributed by atoms with Crippen molar-refractivity contribution in [2.24, 2.45) is 0 Å². The lowest BCUT2D eigenvalue weighted by Gasteiger charge is -2.33. The SMILES string of the molecule is COC(=O)COC1(C)CCNCC1. The van der Waals surface area contributed by atoms with Gasteiger partial charge in [-0.15, -0.1) is 0 Å². The summed E-state index contributed by atoms with van der Waals surface area (Å²) in [6.45, 7) is 4.01. The molecule has 0 unspecified atom stereocenters. The second-order valence-electron chi connectivity index (χ2n) is 3.56. The first-order chi connectivity index (χ1) is 6.16. The zero-order valence-electron chi connectivity index (χ0n) is 8.26. The molecular formula is C9H17NO3. The van der Waals surface area contributed by atoms with Crippen LogP contribution in [0.2, 0.25) is 0 Å². The highest BCUT2D eigenvalue weighted by molar-refractivity contribution is 5.70. The highest BCUT2D eigenvalue weighted by Crippen LogP contribution is 2.21. The lowest BCUT2D eigenvalue weighted by Crippen LogP contribution is -2.42. The van der Waals surface area contributed by atoms with Gasteiger partial charge in [0.05, 0.1) is 12.7 Å². The maximum Gasteiger partial charge on any atom is 0.331 e. The average molecular weight is 187 g/mol. The second kappa shape index (κ2) is 4.58. The van der Waals surface area contributed by atoms with E-state index in [0.29, 0.717) is 0 Å². The molecule has 0 saturated carbocycles. The molecule has 0 bridgehead atoms. The molecule has 4 nitrogen and oxygen atoms in total. The van der Waals surface area contributed by atoms with E-state index in [-0.39, 0.29) is 18.2 Å². The highest BCUT2D eigenvalue weighted by Gasteiger charge is 2.28. The smallest absolute Gasteiger partial charge is 0.331 e. The van der Waals surface area contributed by atoms with Crippen LogP contribution in [0.5, 0.6) is 0 Å². The molecule has 0 spiro atoms. The van der Waals surface area contributed by atoms with Gasteiger partial charge in [-0.25, -0.2) is 4.79 Å². The van der Waals surface area contributed by atoms with Gasteiger partial charge in [0.2, 0.25) is 0 Å². The van der Waals surface area contributed by atoms with E-state index in [0.717, 1.165) is 25.9 Å². The van der Waals surface area contributed by atoms with E-state index < -0.39 is 0 Å². The zero-order chi connectivity index (χ0) is 9.73. The minimum absolute atomic E-state index is 0.0625. The molecule has 0 aromatic carbocycles. The third-order valence-electron chi connectivity index (χ3n) is 2.43. The van der Waals surface area contributed by atoms with Gasteiger partial charge >= 0.3 is 5.97 Å². The van der Waals surface area contributed by atoms with Crippen LogP contribution in [0.3, 0.4) is 0 Å². The number of carbonyl (C=O) groups excluding carboxylic acids is 1. The van der Waals surface area contributed by atoms with Crippen LogP contribution in [-0.4, -0.2) is 38.4 Å². The summed E-state index contributed by atoms with van der Waals surface area (Å²) in [5.74, 6) is -0.306. The lowest BCUT2D eigenvalue weighted by molar-refractivity contribution is -0.154. The van der Waals surface area contributed by atoms with Crippen molar-refractivity contribution in [1.82, 2.24) is 5.32 Å². The summed E-state index contributed by atoms with van der Waals surface area (Å²) in [7, 11) is 1.37. The van der Waals surface area contributed by atoms with E-state index in [1.54, 1.807) is 0 Å². The average Bonchev–Trinajstić information content (AvgIpc) is 2.15. The molecule has 76 valence electrons. The van der Waals surface area contributed by atoms with Crippen LogP contribution in [0.15, 0.2) is 0 Å². The molecule has 1 heterocycles. The largest absolute Gasteiger partial charge is 0.467 e. The van der Waals surface area contributed by atoms with Crippen molar-refractivity contribution in [2.45, 2.75) is 25.4 Å². The summed E-state index contributed by atoms with van der Waals surface area (Å²) in [6.07, 6.45) is 1.90.